The van der Waals surface area contributed by atoms with Gasteiger partial charge in [-0.15, -0.1) is 0 Å². The van der Waals surface area contributed by atoms with Gasteiger partial charge in [0.2, 0.25) is 5.95 Å². The Labute approximate surface area is 153 Å². The Balaban J connectivity index is 1.73. The molecule has 1 aromatic heterocycles. The van der Waals surface area contributed by atoms with Crippen molar-refractivity contribution in [3.05, 3.63) is 52.1 Å². The van der Waals surface area contributed by atoms with Gasteiger partial charge in [0.1, 0.15) is 5.82 Å². The van der Waals surface area contributed by atoms with E-state index in [2.05, 4.69) is 9.97 Å². The lowest BCUT2D eigenvalue weighted by Gasteiger charge is -2.30. The highest BCUT2D eigenvalue weighted by Crippen LogP contribution is 2.41. The van der Waals surface area contributed by atoms with Crippen LogP contribution in [0.3, 0.4) is 0 Å². The molecule has 4 rings (SSSR count). The number of carbonyl (C=O) groups excluding carboxylic acids is 1. The number of aromatic nitrogens is 2. The van der Waals surface area contributed by atoms with Crippen LogP contribution in [-0.2, 0) is 6.42 Å². The van der Waals surface area contributed by atoms with Gasteiger partial charge in [-0.1, -0.05) is 25.3 Å². The third-order valence-electron chi connectivity index (χ3n) is 5.87. The molecule has 0 amide bonds. The van der Waals surface area contributed by atoms with E-state index >= 15 is 0 Å². The number of aryl methyl sites for hydroxylation is 1. The molecule has 26 heavy (non-hydrogen) atoms. The highest BCUT2D eigenvalue weighted by molar-refractivity contribution is 5.99. The van der Waals surface area contributed by atoms with Gasteiger partial charge in [0, 0.05) is 6.42 Å². The van der Waals surface area contributed by atoms with Gasteiger partial charge in [0.25, 0.3) is 0 Å². The number of nitrogens with zero attached hydrogens (tertiary/aromatic N) is 2. The Morgan fingerprint density at radius 3 is 2.58 bits per heavy atom. The van der Waals surface area contributed by atoms with E-state index in [0.717, 1.165) is 29.7 Å². The maximum absolute atomic E-state index is 14.0. The van der Waals surface area contributed by atoms with Crippen LogP contribution in [0.15, 0.2) is 18.2 Å². The molecule has 2 aliphatic rings. The minimum atomic E-state index is -0.195. The highest BCUT2D eigenvalue weighted by atomic mass is 19.1. The largest absolute Gasteiger partial charge is 0.368 e. The maximum atomic E-state index is 14.0. The molecule has 1 saturated carbocycles. The molecular weight excluding hydrogens is 329 g/mol. The zero-order valence-corrected chi connectivity index (χ0v) is 15.1. The Bertz CT molecular complexity index is 859. The molecule has 5 heteroatoms. The summed E-state index contributed by atoms with van der Waals surface area (Å²) in [4.78, 5) is 21.2. The number of ketones is 1. The third-order valence-corrected chi connectivity index (χ3v) is 5.87. The number of hydrogen-bond acceptors (Lipinski definition) is 4. The fraction of sp³-hybridized carbons (Fsp3) is 0.476. The SMILES string of the molecule is Cc1nc(N)nc2c1C(=O)CC(c1ccc(F)cc1C1CCCCC1)C2. The number of hydrogen-bond donors (Lipinski definition) is 1. The topological polar surface area (TPSA) is 68.9 Å². The molecule has 0 aliphatic heterocycles. The minimum absolute atomic E-state index is 0.0289. The lowest BCUT2D eigenvalue weighted by molar-refractivity contribution is 0.0961. The first-order valence-electron chi connectivity index (χ1n) is 9.48. The standard InChI is InChI=1S/C21H24FN3O/c1-12-20-18(25-21(23)24-12)9-14(10-19(20)26)16-8-7-15(22)11-17(16)13-5-3-2-4-6-13/h7-8,11,13-14H,2-6,9-10H2,1H3,(H2,23,24,25). The molecule has 1 atom stereocenters. The van der Waals surface area contributed by atoms with Crippen molar-refractivity contribution in [3.8, 4) is 0 Å². The first-order valence-corrected chi connectivity index (χ1v) is 9.48. The van der Waals surface area contributed by atoms with Gasteiger partial charge in [-0.25, -0.2) is 14.4 Å². The first kappa shape index (κ1) is 17.1. The van der Waals surface area contributed by atoms with Gasteiger partial charge < -0.3 is 5.73 Å². The molecule has 2 aliphatic carbocycles. The van der Waals surface area contributed by atoms with E-state index < -0.39 is 0 Å². The highest BCUT2D eigenvalue weighted by Gasteiger charge is 2.32. The third kappa shape index (κ3) is 3.11. The van der Waals surface area contributed by atoms with Crippen molar-refractivity contribution < 1.29 is 9.18 Å². The molecule has 0 saturated heterocycles. The second-order valence-electron chi connectivity index (χ2n) is 7.63. The normalized spacial score (nSPS) is 20.8. The van der Waals surface area contributed by atoms with E-state index in [4.69, 9.17) is 5.73 Å². The number of fused-ring (bicyclic) bond motifs is 1. The van der Waals surface area contributed by atoms with Crippen LogP contribution in [-0.4, -0.2) is 15.8 Å². The van der Waals surface area contributed by atoms with E-state index in [9.17, 15) is 9.18 Å². The van der Waals surface area contributed by atoms with Gasteiger partial charge in [0.05, 0.1) is 17.0 Å². The number of anilines is 1. The number of benzene rings is 1. The summed E-state index contributed by atoms with van der Waals surface area (Å²) in [7, 11) is 0. The van der Waals surface area contributed by atoms with Crippen LogP contribution in [0.5, 0.6) is 0 Å². The molecule has 1 aromatic carbocycles. The first-order chi connectivity index (χ1) is 12.5. The van der Waals surface area contributed by atoms with Gasteiger partial charge >= 0.3 is 0 Å². The van der Waals surface area contributed by atoms with Crippen molar-refractivity contribution in [2.24, 2.45) is 0 Å². The van der Waals surface area contributed by atoms with Crippen LogP contribution in [0.2, 0.25) is 0 Å². The van der Waals surface area contributed by atoms with Crippen LogP contribution < -0.4 is 5.73 Å². The molecule has 4 nitrogen and oxygen atoms in total. The monoisotopic (exact) mass is 353 g/mol. The Kier molecular flexibility index (Phi) is 4.47. The van der Waals surface area contributed by atoms with Gasteiger partial charge in [-0.05, 0) is 61.3 Å². The average molecular weight is 353 g/mol. The summed E-state index contributed by atoms with van der Waals surface area (Å²) in [6, 6.07) is 5.08. The number of carbonyl (C=O) groups is 1. The van der Waals surface area contributed by atoms with Gasteiger partial charge in [-0.3, -0.25) is 4.79 Å². The lowest BCUT2D eigenvalue weighted by Crippen LogP contribution is -2.24. The summed E-state index contributed by atoms with van der Waals surface area (Å²) in [5.41, 5.74) is 10.00. The molecule has 2 N–H and O–H groups in total. The van der Waals surface area contributed by atoms with E-state index in [1.165, 1.54) is 25.3 Å². The fourth-order valence-electron chi connectivity index (χ4n) is 4.70. The lowest BCUT2D eigenvalue weighted by atomic mass is 9.75. The number of halogens is 1. The van der Waals surface area contributed by atoms with Crippen molar-refractivity contribution in [2.45, 2.75) is 63.7 Å². The quantitative estimate of drug-likeness (QED) is 0.865. The van der Waals surface area contributed by atoms with Crippen molar-refractivity contribution in [2.75, 3.05) is 5.73 Å². The van der Waals surface area contributed by atoms with Crippen LogP contribution in [0.4, 0.5) is 10.3 Å². The van der Waals surface area contributed by atoms with Crippen LogP contribution >= 0.6 is 0 Å². The zero-order chi connectivity index (χ0) is 18.3. The molecule has 1 fully saturated rings. The summed E-state index contributed by atoms with van der Waals surface area (Å²) >= 11 is 0. The molecule has 136 valence electrons. The predicted molar refractivity (Wildman–Crippen MR) is 98.8 cm³/mol. The summed E-state index contributed by atoms with van der Waals surface area (Å²) in [5.74, 6) is 0.498. The van der Waals surface area contributed by atoms with Gasteiger partial charge in [0.15, 0.2) is 5.78 Å². The van der Waals surface area contributed by atoms with Crippen molar-refractivity contribution in [1.29, 1.82) is 0 Å². The van der Waals surface area contributed by atoms with Crippen molar-refractivity contribution in [3.63, 3.8) is 0 Å². The summed E-state index contributed by atoms with van der Waals surface area (Å²) in [6.45, 7) is 1.81. The second kappa shape index (κ2) is 6.78. The number of nitrogens with two attached hydrogens (primary N) is 1. The predicted octanol–water partition coefficient (Wildman–Crippen LogP) is 4.47. The van der Waals surface area contributed by atoms with E-state index in [1.54, 1.807) is 13.0 Å². The molecule has 1 heterocycles. The molecule has 2 aromatic rings. The molecule has 0 spiro atoms. The van der Waals surface area contributed by atoms with E-state index in [-0.39, 0.29) is 23.5 Å². The van der Waals surface area contributed by atoms with Crippen molar-refractivity contribution in [1.82, 2.24) is 9.97 Å². The van der Waals surface area contributed by atoms with E-state index in [1.807, 2.05) is 6.07 Å². The van der Waals surface area contributed by atoms with Crippen molar-refractivity contribution >= 4 is 11.7 Å². The summed E-state index contributed by atoms with van der Waals surface area (Å²) in [6.07, 6.45) is 6.91. The summed E-state index contributed by atoms with van der Waals surface area (Å²) < 4.78 is 14.0. The number of rotatable bonds is 2. The number of Topliss-reactive ketones (excluding diaryl/α,β-unsaturated/α-hetero) is 1. The Hall–Kier alpha value is -2.30. The fourth-order valence-corrected chi connectivity index (χ4v) is 4.70. The smallest absolute Gasteiger partial charge is 0.220 e. The Morgan fingerprint density at radius 1 is 1.04 bits per heavy atom. The van der Waals surface area contributed by atoms with Crippen LogP contribution in [0.1, 0.15) is 83.2 Å². The Morgan fingerprint density at radius 2 is 1.81 bits per heavy atom. The number of nitrogen functional groups attached to an aromatic ring is 1. The van der Waals surface area contributed by atoms with Crippen LogP contribution in [0.25, 0.3) is 0 Å². The maximum Gasteiger partial charge on any atom is 0.220 e. The van der Waals surface area contributed by atoms with Gasteiger partial charge in [-0.2, -0.15) is 0 Å². The summed E-state index contributed by atoms with van der Waals surface area (Å²) in [5, 5.41) is 0. The zero-order valence-electron chi connectivity index (χ0n) is 15.1. The molecule has 1 unspecified atom stereocenters. The molecular formula is C21H24FN3O. The molecule has 0 radical (unpaired) electrons. The molecule has 0 bridgehead atoms. The van der Waals surface area contributed by atoms with Crippen LogP contribution in [0, 0.1) is 12.7 Å². The van der Waals surface area contributed by atoms with E-state index in [0.29, 0.717) is 30.0 Å². The average Bonchev–Trinajstić information content (AvgIpc) is 2.61. The second-order valence-corrected chi connectivity index (χ2v) is 7.63. The minimum Gasteiger partial charge on any atom is -0.368 e.